The van der Waals surface area contributed by atoms with Crippen LogP contribution in [0, 0.1) is 0 Å². The van der Waals surface area contributed by atoms with Crippen LogP contribution < -0.4 is 5.73 Å². The lowest BCUT2D eigenvalue weighted by Gasteiger charge is -2.05. The Morgan fingerprint density at radius 3 is 2.64 bits per heavy atom. The fraction of sp³-hybridized carbons (Fsp3) is 0.300. The molecule has 0 aliphatic rings. The number of aliphatic carboxylic acids is 1. The van der Waals surface area contributed by atoms with E-state index in [0.717, 1.165) is 5.75 Å². The minimum absolute atomic E-state index is 0.449. The van der Waals surface area contributed by atoms with Crippen LogP contribution in [0.2, 0.25) is 0 Å². The molecule has 1 aromatic rings. The maximum Gasteiger partial charge on any atom is 0.321 e. The predicted molar refractivity (Wildman–Crippen MR) is 58.2 cm³/mol. The van der Waals surface area contributed by atoms with Crippen LogP contribution in [-0.2, 0) is 10.5 Å². The van der Waals surface area contributed by atoms with Crippen LogP contribution in [0.15, 0.2) is 30.3 Å². The van der Waals surface area contributed by atoms with Crippen LogP contribution in [0.25, 0.3) is 0 Å². The molecule has 1 unspecified atom stereocenters. The summed E-state index contributed by atoms with van der Waals surface area (Å²) in [6, 6.07) is 9.15. The number of carboxylic acids is 1. The number of hydrogen-bond donors (Lipinski definition) is 2. The van der Waals surface area contributed by atoms with E-state index in [2.05, 4.69) is 0 Å². The highest BCUT2D eigenvalue weighted by Gasteiger charge is 2.10. The first-order chi connectivity index (χ1) is 6.70. The molecule has 0 heterocycles. The molecule has 0 amide bonds. The normalized spacial score (nSPS) is 12.4. The largest absolute Gasteiger partial charge is 0.480 e. The van der Waals surface area contributed by atoms with Gasteiger partial charge in [-0.3, -0.25) is 4.79 Å². The lowest BCUT2D eigenvalue weighted by molar-refractivity contribution is -0.137. The SMILES string of the molecule is NC(CSCc1ccccc1)[13C](=O)O. The molecule has 1 rings (SSSR count). The lowest BCUT2D eigenvalue weighted by atomic mass is 10.2. The Bertz CT molecular complexity index is 289. The fourth-order valence-electron chi connectivity index (χ4n) is 0.949. The average molecular weight is 212 g/mol. The van der Waals surface area contributed by atoms with Crippen molar-refractivity contribution in [3.63, 3.8) is 0 Å². The van der Waals surface area contributed by atoms with Gasteiger partial charge in [-0.25, -0.2) is 0 Å². The zero-order chi connectivity index (χ0) is 10.4. The Morgan fingerprint density at radius 2 is 2.07 bits per heavy atom. The van der Waals surface area contributed by atoms with Gasteiger partial charge in [-0.05, 0) is 5.56 Å². The standard InChI is InChI=1S/C10H13NO2S/c11-9(10(12)13)7-14-6-8-4-2-1-3-5-8/h1-5,9H,6-7,11H2,(H,12,13)/i10+1. The summed E-state index contributed by atoms with van der Waals surface area (Å²) in [5, 5.41) is 8.54. The van der Waals surface area contributed by atoms with E-state index in [1.54, 1.807) is 0 Å². The molecule has 1 atom stereocenters. The Balaban J connectivity index is 2.26. The molecule has 0 aliphatic heterocycles. The first-order valence-electron chi connectivity index (χ1n) is 4.30. The van der Waals surface area contributed by atoms with E-state index in [1.165, 1.54) is 17.3 Å². The number of carbonyl (C=O) groups is 1. The molecule has 14 heavy (non-hydrogen) atoms. The topological polar surface area (TPSA) is 63.3 Å². The van der Waals surface area contributed by atoms with Gasteiger partial charge >= 0.3 is 5.97 Å². The smallest absolute Gasteiger partial charge is 0.321 e. The van der Waals surface area contributed by atoms with Gasteiger partial charge in [-0.2, -0.15) is 11.8 Å². The Hall–Kier alpha value is -1.00. The van der Waals surface area contributed by atoms with Gasteiger partial charge < -0.3 is 10.8 Å². The predicted octanol–water partition coefficient (Wildman–Crippen LogP) is 1.33. The zero-order valence-corrected chi connectivity index (χ0v) is 8.54. The van der Waals surface area contributed by atoms with Crippen LogP contribution in [0.1, 0.15) is 5.56 Å². The fourth-order valence-corrected chi connectivity index (χ4v) is 1.89. The number of hydrogen-bond acceptors (Lipinski definition) is 3. The zero-order valence-electron chi connectivity index (χ0n) is 7.72. The minimum atomic E-state index is -0.939. The highest BCUT2D eigenvalue weighted by Crippen LogP contribution is 2.11. The first-order valence-corrected chi connectivity index (χ1v) is 5.45. The second kappa shape index (κ2) is 5.67. The summed E-state index contributed by atoms with van der Waals surface area (Å²) in [7, 11) is 0. The van der Waals surface area contributed by atoms with Crippen molar-refractivity contribution in [1.82, 2.24) is 0 Å². The molecular weight excluding hydrogens is 199 g/mol. The molecule has 4 heteroatoms. The Kier molecular flexibility index (Phi) is 4.49. The molecule has 3 nitrogen and oxygen atoms in total. The van der Waals surface area contributed by atoms with E-state index in [9.17, 15) is 4.79 Å². The van der Waals surface area contributed by atoms with Crippen LogP contribution in [-0.4, -0.2) is 22.9 Å². The number of carboxylic acid groups (broad SMARTS) is 1. The van der Waals surface area contributed by atoms with Gasteiger partial charge in [0.15, 0.2) is 0 Å². The van der Waals surface area contributed by atoms with E-state index < -0.39 is 12.0 Å². The maximum atomic E-state index is 10.4. The molecule has 0 aromatic heterocycles. The summed E-state index contributed by atoms with van der Waals surface area (Å²) >= 11 is 1.54. The highest BCUT2D eigenvalue weighted by atomic mass is 32.2. The molecule has 0 aliphatic carbocycles. The summed E-state index contributed by atoms with van der Waals surface area (Å²) in [4.78, 5) is 10.4. The second-order valence-electron chi connectivity index (χ2n) is 2.95. The Labute approximate surface area is 87.3 Å². The van der Waals surface area contributed by atoms with Crippen LogP contribution >= 0.6 is 11.8 Å². The molecule has 0 spiro atoms. The van der Waals surface area contributed by atoms with Crippen LogP contribution in [0.3, 0.4) is 0 Å². The first kappa shape index (κ1) is 11.1. The molecule has 0 saturated carbocycles. The quantitative estimate of drug-likeness (QED) is 0.723. The highest BCUT2D eigenvalue weighted by molar-refractivity contribution is 7.98. The van der Waals surface area contributed by atoms with Gasteiger partial charge in [-0.15, -0.1) is 0 Å². The van der Waals surface area contributed by atoms with Crippen molar-refractivity contribution in [2.45, 2.75) is 11.8 Å². The molecular formula is C10H13NO2S. The third-order valence-electron chi connectivity index (χ3n) is 1.73. The van der Waals surface area contributed by atoms with Gasteiger partial charge in [0.2, 0.25) is 0 Å². The lowest BCUT2D eigenvalue weighted by Crippen LogP contribution is -2.32. The van der Waals surface area contributed by atoms with Crippen LogP contribution in [0.5, 0.6) is 0 Å². The molecule has 0 fully saturated rings. The third kappa shape index (κ3) is 3.81. The van der Waals surface area contributed by atoms with E-state index in [0.29, 0.717) is 5.75 Å². The van der Waals surface area contributed by atoms with E-state index in [4.69, 9.17) is 10.8 Å². The third-order valence-corrected chi connectivity index (χ3v) is 2.86. The monoisotopic (exact) mass is 212 g/mol. The minimum Gasteiger partial charge on any atom is -0.480 e. The number of benzene rings is 1. The van der Waals surface area contributed by atoms with Crippen molar-refractivity contribution < 1.29 is 9.90 Å². The van der Waals surface area contributed by atoms with E-state index >= 15 is 0 Å². The maximum absolute atomic E-state index is 10.4. The van der Waals surface area contributed by atoms with Crippen molar-refractivity contribution in [2.75, 3.05) is 5.75 Å². The molecule has 0 radical (unpaired) electrons. The van der Waals surface area contributed by atoms with E-state index in [1.807, 2.05) is 30.3 Å². The van der Waals surface area contributed by atoms with Gasteiger partial charge in [0.25, 0.3) is 0 Å². The summed E-state index contributed by atoms with van der Waals surface area (Å²) in [6.07, 6.45) is 0. The summed E-state index contributed by atoms with van der Waals surface area (Å²) in [5.74, 6) is 0.317. The summed E-state index contributed by atoms with van der Waals surface area (Å²) < 4.78 is 0. The second-order valence-corrected chi connectivity index (χ2v) is 3.98. The van der Waals surface area contributed by atoms with Gasteiger partial charge in [-0.1, -0.05) is 30.3 Å². The van der Waals surface area contributed by atoms with Crippen molar-refractivity contribution in [1.29, 1.82) is 0 Å². The van der Waals surface area contributed by atoms with Gasteiger partial charge in [0.1, 0.15) is 6.04 Å². The molecule has 3 N–H and O–H groups in total. The van der Waals surface area contributed by atoms with Gasteiger partial charge in [0.05, 0.1) is 0 Å². The number of thioether (sulfide) groups is 1. The number of rotatable bonds is 5. The average Bonchev–Trinajstić information content (AvgIpc) is 2.19. The molecule has 1 aromatic carbocycles. The van der Waals surface area contributed by atoms with Crippen molar-refractivity contribution in [3.8, 4) is 0 Å². The van der Waals surface area contributed by atoms with Gasteiger partial charge in [0, 0.05) is 11.5 Å². The number of nitrogens with two attached hydrogens (primary N) is 1. The molecule has 76 valence electrons. The van der Waals surface area contributed by atoms with Crippen LogP contribution in [0.4, 0.5) is 0 Å². The van der Waals surface area contributed by atoms with Crippen molar-refractivity contribution in [3.05, 3.63) is 35.9 Å². The summed E-state index contributed by atoms with van der Waals surface area (Å²) in [6.45, 7) is 0. The van der Waals surface area contributed by atoms with Crippen molar-refractivity contribution >= 4 is 17.7 Å². The Morgan fingerprint density at radius 1 is 1.43 bits per heavy atom. The van der Waals surface area contributed by atoms with E-state index in [-0.39, 0.29) is 0 Å². The summed E-state index contributed by atoms with van der Waals surface area (Å²) in [5.41, 5.74) is 6.55. The molecule has 0 saturated heterocycles. The molecule has 0 bridgehead atoms. The van der Waals surface area contributed by atoms with Crippen molar-refractivity contribution in [2.24, 2.45) is 5.73 Å².